The summed E-state index contributed by atoms with van der Waals surface area (Å²) in [6.07, 6.45) is -0.912. The molecule has 2 rings (SSSR count). The molecule has 6 nitrogen and oxygen atoms in total. The van der Waals surface area contributed by atoms with Gasteiger partial charge >= 0.3 is 0 Å². The van der Waals surface area contributed by atoms with Crippen LogP contribution >= 0.6 is 34.8 Å². The number of rotatable bonds is 6. The van der Waals surface area contributed by atoms with E-state index in [1.807, 2.05) is 0 Å². The quantitative estimate of drug-likeness (QED) is 0.710. The van der Waals surface area contributed by atoms with Gasteiger partial charge in [0, 0.05) is 30.9 Å². The van der Waals surface area contributed by atoms with Crippen LogP contribution in [0.2, 0.25) is 15.1 Å². The molecule has 0 aliphatic heterocycles. The average Bonchev–Trinajstić information content (AvgIpc) is 2.59. The molecule has 10 heteroatoms. The van der Waals surface area contributed by atoms with Crippen LogP contribution in [0.15, 0.2) is 41.3 Å². The van der Waals surface area contributed by atoms with Crippen molar-refractivity contribution in [3.63, 3.8) is 0 Å². The number of amides is 1. The Bertz CT molecular complexity index is 965. The fourth-order valence-electron chi connectivity index (χ4n) is 2.03. The SMILES string of the molecule is C[C@H](Oc1cc(Cl)ccc1Cl)C(=O)Nc1ccc(Cl)c(S(=O)(=O)N(C)C)c1. The van der Waals surface area contributed by atoms with E-state index in [-0.39, 0.29) is 21.4 Å². The number of anilines is 1. The van der Waals surface area contributed by atoms with Crippen molar-refractivity contribution in [1.82, 2.24) is 4.31 Å². The zero-order valence-corrected chi connectivity index (χ0v) is 17.7. The predicted molar refractivity (Wildman–Crippen MR) is 108 cm³/mol. The number of ether oxygens (including phenoxy) is 1. The van der Waals surface area contributed by atoms with Gasteiger partial charge in [0.1, 0.15) is 10.6 Å². The summed E-state index contributed by atoms with van der Waals surface area (Å²) < 4.78 is 31.2. The van der Waals surface area contributed by atoms with Crippen LogP contribution < -0.4 is 10.1 Å². The Morgan fingerprint density at radius 2 is 1.70 bits per heavy atom. The number of hydrogen-bond acceptors (Lipinski definition) is 4. The number of carbonyl (C=O) groups excluding carboxylic acids is 1. The zero-order chi connectivity index (χ0) is 20.4. The van der Waals surface area contributed by atoms with Gasteiger partial charge in [0.15, 0.2) is 6.10 Å². The average molecular weight is 452 g/mol. The van der Waals surface area contributed by atoms with Crippen LogP contribution in [0.1, 0.15) is 6.92 Å². The van der Waals surface area contributed by atoms with E-state index < -0.39 is 22.0 Å². The summed E-state index contributed by atoms with van der Waals surface area (Å²) in [5.74, 6) is -0.236. The number of hydrogen-bond donors (Lipinski definition) is 1. The van der Waals surface area contributed by atoms with Crippen LogP contribution in [0.25, 0.3) is 0 Å². The third-order valence-electron chi connectivity index (χ3n) is 3.52. The molecule has 0 heterocycles. The first-order valence-electron chi connectivity index (χ1n) is 7.67. The lowest BCUT2D eigenvalue weighted by Gasteiger charge is -2.17. The first-order valence-corrected chi connectivity index (χ1v) is 10.2. The van der Waals surface area contributed by atoms with Gasteiger partial charge in [-0.25, -0.2) is 12.7 Å². The van der Waals surface area contributed by atoms with Crippen molar-refractivity contribution in [2.75, 3.05) is 19.4 Å². The molecule has 2 aromatic carbocycles. The molecule has 0 aromatic heterocycles. The zero-order valence-electron chi connectivity index (χ0n) is 14.7. The van der Waals surface area contributed by atoms with E-state index in [1.54, 1.807) is 12.1 Å². The van der Waals surface area contributed by atoms with E-state index in [1.165, 1.54) is 45.3 Å². The Labute approximate surface area is 173 Å². The fourth-order valence-corrected chi connectivity index (χ4v) is 3.75. The Kier molecular flexibility index (Phi) is 6.99. The summed E-state index contributed by atoms with van der Waals surface area (Å²) in [4.78, 5) is 12.3. The molecule has 0 radical (unpaired) electrons. The third-order valence-corrected chi connectivity index (χ3v) is 6.37. The van der Waals surface area contributed by atoms with E-state index >= 15 is 0 Å². The summed E-state index contributed by atoms with van der Waals surface area (Å²) in [5.41, 5.74) is 0.262. The predicted octanol–water partition coefficient (Wildman–Crippen LogP) is 4.30. The number of halogens is 3. The van der Waals surface area contributed by atoms with Gasteiger partial charge < -0.3 is 10.1 Å². The maximum absolute atomic E-state index is 12.4. The second-order valence-corrected chi connectivity index (χ2v) is 9.13. The van der Waals surface area contributed by atoms with Crippen molar-refractivity contribution in [1.29, 1.82) is 0 Å². The van der Waals surface area contributed by atoms with E-state index in [0.717, 1.165) is 4.31 Å². The second kappa shape index (κ2) is 8.67. The highest BCUT2D eigenvalue weighted by atomic mass is 35.5. The summed E-state index contributed by atoms with van der Waals surface area (Å²) in [6.45, 7) is 1.53. The summed E-state index contributed by atoms with van der Waals surface area (Å²) in [5, 5.41) is 3.37. The lowest BCUT2D eigenvalue weighted by atomic mass is 10.3. The Hall–Kier alpha value is -1.51. The Morgan fingerprint density at radius 3 is 2.33 bits per heavy atom. The van der Waals surface area contributed by atoms with Crippen molar-refractivity contribution >= 4 is 56.4 Å². The molecular weight excluding hydrogens is 435 g/mol. The van der Waals surface area contributed by atoms with Crippen molar-refractivity contribution in [2.24, 2.45) is 0 Å². The van der Waals surface area contributed by atoms with E-state index in [0.29, 0.717) is 10.0 Å². The molecule has 0 spiro atoms. The van der Waals surface area contributed by atoms with Crippen LogP contribution in [0.4, 0.5) is 5.69 Å². The Balaban J connectivity index is 2.19. The summed E-state index contributed by atoms with van der Waals surface area (Å²) in [7, 11) is -0.977. The number of nitrogens with zero attached hydrogens (tertiary/aromatic N) is 1. The van der Waals surface area contributed by atoms with Crippen LogP contribution in [-0.2, 0) is 14.8 Å². The lowest BCUT2D eigenvalue weighted by Crippen LogP contribution is -2.30. The molecule has 0 aliphatic carbocycles. The van der Waals surface area contributed by atoms with Crippen molar-refractivity contribution in [3.05, 3.63) is 51.5 Å². The normalized spacial score (nSPS) is 12.7. The number of sulfonamides is 1. The molecular formula is C17H17Cl3N2O4S. The fraction of sp³-hybridized carbons (Fsp3) is 0.235. The molecule has 0 saturated heterocycles. The van der Waals surface area contributed by atoms with Gasteiger partial charge in [0.05, 0.1) is 10.0 Å². The first kappa shape index (κ1) is 21.8. The van der Waals surface area contributed by atoms with Gasteiger partial charge in [0.2, 0.25) is 10.0 Å². The second-order valence-electron chi connectivity index (χ2n) is 5.76. The molecule has 1 N–H and O–H groups in total. The molecule has 1 amide bonds. The van der Waals surface area contributed by atoms with Crippen LogP contribution in [0.5, 0.6) is 5.75 Å². The van der Waals surface area contributed by atoms with Crippen LogP contribution in [-0.4, -0.2) is 38.8 Å². The van der Waals surface area contributed by atoms with Crippen LogP contribution in [0, 0.1) is 0 Å². The lowest BCUT2D eigenvalue weighted by molar-refractivity contribution is -0.122. The van der Waals surface area contributed by atoms with Gasteiger partial charge in [-0.3, -0.25) is 4.79 Å². The highest BCUT2D eigenvalue weighted by molar-refractivity contribution is 7.89. The van der Waals surface area contributed by atoms with Crippen molar-refractivity contribution in [3.8, 4) is 5.75 Å². The van der Waals surface area contributed by atoms with E-state index in [4.69, 9.17) is 39.5 Å². The standard InChI is InChI=1S/C17H17Cl3N2O4S/c1-10(26-15-8-11(18)4-6-13(15)19)17(23)21-12-5-7-14(20)16(9-12)27(24,25)22(2)3/h4-10H,1-3H3,(H,21,23)/t10-/m0/s1. The number of carbonyl (C=O) groups is 1. The minimum absolute atomic E-state index is 0.0525. The number of benzene rings is 2. The smallest absolute Gasteiger partial charge is 0.265 e. The van der Waals surface area contributed by atoms with Gasteiger partial charge in [-0.1, -0.05) is 34.8 Å². The van der Waals surface area contributed by atoms with Gasteiger partial charge in [-0.15, -0.1) is 0 Å². The summed E-state index contributed by atoms with van der Waals surface area (Å²) in [6, 6.07) is 8.83. The van der Waals surface area contributed by atoms with Crippen molar-refractivity contribution < 1.29 is 17.9 Å². The van der Waals surface area contributed by atoms with E-state index in [9.17, 15) is 13.2 Å². The molecule has 1 atom stereocenters. The topological polar surface area (TPSA) is 75.7 Å². The molecule has 0 saturated carbocycles. The largest absolute Gasteiger partial charge is 0.479 e. The van der Waals surface area contributed by atoms with Crippen molar-refractivity contribution in [2.45, 2.75) is 17.9 Å². The monoisotopic (exact) mass is 450 g/mol. The molecule has 2 aromatic rings. The van der Waals surface area contributed by atoms with Crippen LogP contribution in [0.3, 0.4) is 0 Å². The minimum Gasteiger partial charge on any atom is -0.479 e. The molecule has 146 valence electrons. The molecule has 0 unspecified atom stereocenters. The third kappa shape index (κ3) is 5.27. The van der Waals surface area contributed by atoms with E-state index in [2.05, 4.69) is 5.32 Å². The maximum Gasteiger partial charge on any atom is 0.265 e. The summed E-state index contributed by atoms with van der Waals surface area (Å²) >= 11 is 17.9. The molecule has 0 fully saturated rings. The van der Waals surface area contributed by atoms with Gasteiger partial charge in [-0.05, 0) is 37.3 Å². The molecule has 0 aliphatic rings. The Morgan fingerprint density at radius 1 is 1.07 bits per heavy atom. The first-order chi connectivity index (χ1) is 12.5. The number of nitrogens with one attached hydrogen (secondary N) is 1. The molecule has 0 bridgehead atoms. The maximum atomic E-state index is 12.4. The highest BCUT2D eigenvalue weighted by Crippen LogP contribution is 2.29. The van der Waals surface area contributed by atoms with Gasteiger partial charge in [-0.2, -0.15) is 0 Å². The highest BCUT2D eigenvalue weighted by Gasteiger charge is 2.22. The minimum atomic E-state index is -3.76. The molecule has 27 heavy (non-hydrogen) atoms. The van der Waals surface area contributed by atoms with Gasteiger partial charge in [0.25, 0.3) is 5.91 Å².